The van der Waals surface area contributed by atoms with E-state index in [0.717, 1.165) is 19.4 Å². The predicted octanol–water partition coefficient (Wildman–Crippen LogP) is 0.952. The van der Waals surface area contributed by atoms with Gasteiger partial charge in [-0.3, -0.25) is 14.9 Å². The number of hydrogen-bond acceptors (Lipinski definition) is 5. The highest BCUT2D eigenvalue weighted by Gasteiger charge is 2.16. The molecule has 1 aliphatic rings. The number of pyridine rings is 1. The van der Waals surface area contributed by atoms with E-state index in [2.05, 4.69) is 0 Å². The molecule has 0 N–H and O–H groups in total. The normalized spacial score (nSPS) is 18.6. The van der Waals surface area contributed by atoms with E-state index in [-0.39, 0.29) is 6.10 Å². The molecule has 7 nitrogen and oxygen atoms in total. The summed E-state index contributed by atoms with van der Waals surface area (Å²) in [5, 5.41) is 10.6. The Bertz CT molecular complexity index is 493. The first-order valence-corrected chi connectivity index (χ1v) is 6.21. The zero-order valence-electron chi connectivity index (χ0n) is 10.5. The van der Waals surface area contributed by atoms with E-state index in [0.29, 0.717) is 19.8 Å². The average Bonchev–Trinajstić information content (AvgIpc) is 2.89. The lowest BCUT2D eigenvalue weighted by molar-refractivity contribution is -0.386. The lowest BCUT2D eigenvalue weighted by Gasteiger charge is -2.10. The van der Waals surface area contributed by atoms with Gasteiger partial charge in [-0.1, -0.05) is 0 Å². The predicted molar refractivity (Wildman–Crippen MR) is 67.1 cm³/mol. The molecule has 104 valence electrons. The van der Waals surface area contributed by atoms with Crippen LogP contribution in [0.1, 0.15) is 12.8 Å². The van der Waals surface area contributed by atoms with Gasteiger partial charge in [0.05, 0.1) is 24.2 Å². The van der Waals surface area contributed by atoms with Gasteiger partial charge in [-0.25, -0.2) is 0 Å². The second-order valence-corrected chi connectivity index (χ2v) is 4.36. The summed E-state index contributed by atoms with van der Waals surface area (Å²) in [6, 6.07) is 2.69. The van der Waals surface area contributed by atoms with Crippen LogP contribution < -0.4 is 5.56 Å². The maximum Gasteiger partial charge on any atom is 0.334 e. The number of nitrogens with zero attached hydrogens (tertiary/aromatic N) is 2. The van der Waals surface area contributed by atoms with Gasteiger partial charge in [0.15, 0.2) is 0 Å². The third kappa shape index (κ3) is 3.62. The van der Waals surface area contributed by atoms with Crippen molar-refractivity contribution in [2.45, 2.75) is 25.5 Å². The summed E-state index contributed by atoms with van der Waals surface area (Å²) < 4.78 is 12.1. The molecule has 0 bridgehead atoms. The van der Waals surface area contributed by atoms with Crippen LogP contribution in [0.3, 0.4) is 0 Å². The van der Waals surface area contributed by atoms with Gasteiger partial charge in [-0.2, -0.15) is 0 Å². The quantitative estimate of drug-likeness (QED) is 0.436. The minimum atomic E-state index is -0.675. The van der Waals surface area contributed by atoms with E-state index in [1.165, 1.54) is 22.9 Å². The summed E-state index contributed by atoms with van der Waals surface area (Å²) in [6.07, 6.45) is 3.71. The Labute approximate surface area is 109 Å². The molecule has 0 amide bonds. The molecule has 2 heterocycles. The van der Waals surface area contributed by atoms with Crippen LogP contribution in [-0.2, 0) is 16.0 Å². The van der Waals surface area contributed by atoms with Crippen LogP contribution in [-0.4, -0.2) is 35.4 Å². The number of hydrogen-bond donors (Lipinski definition) is 0. The molecule has 0 aliphatic carbocycles. The van der Waals surface area contributed by atoms with E-state index in [1.54, 1.807) is 0 Å². The van der Waals surface area contributed by atoms with Gasteiger partial charge in [0.25, 0.3) is 0 Å². The van der Waals surface area contributed by atoms with Crippen LogP contribution in [0.4, 0.5) is 5.69 Å². The second kappa shape index (κ2) is 6.44. The van der Waals surface area contributed by atoms with Crippen molar-refractivity contribution in [2.24, 2.45) is 0 Å². The lowest BCUT2D eigenvalue weighted by Crippen LogP contribution is -2.24. The van der Waals surface area contributed by atoms with Crippen LogP contribution in [0.25, 0.3) is 0 Å². The highest BCUT2D eigenvalue weighted by atomic mass is 16.6. The van der Waals surface area contributed by atoms with Crippen LogP contribution in [0.2, 0.25) is 0 Å². The zero-order chi connectivity index (χ0) is 13.7. The fourth-order valence-electron chi connectivity index (χ4n) is 1.99. The van der Waals surface area contributed by atoms with Crippen molar-refractivity contribution >= 4 is 5.69 Å². The summed E-state index contributed by atoms with van der Waals surface area (Å²) in [6.45, 7) is 1.91. The summed E-state index contributed by atoms with van der Waals surface area (Å²) in [4.78, 5) is 21.6. The Morgan fingerprint density at radius 1 is 1.58 bits per heavy atom. The summed E-state index contributed by atoms with van der Waals surface area (Å²) in [5.74, 6) is 0. The van der Waals surface area contributed by atoms with Crippen LogP contribution >= 0.6 is 0 Å². The molecule has 0 radical (unpaired) electrons. The first-order chi connectivity index (χ1) is 9.18. The van der Waals surface area contributed by atoms with Crippen LogP contribution in [0.15, 0.2) is 23.1 Å². The number of aromatic nitrogens is 1. The van der Waals surface area contributed by atoms with E-state index >= 15 is 0 Å². The Kier molecular flexibility index (Phi) is 4.64. The molecule has 0 saturated carbocycles. The first kappa shape index (κ1) is 13.7. The number of rotatable bonds is 6. The van der Waals surface area contributed by atoms with Gasteiger partial charge in [0, 0.05) is 25.4 Å². The van der Waals surface area contributed by atoms with Crippen molar-refractivity contribution in [2.75, 3.05) is 19.8 Å². The SMILES string of the molecule is O=c1c([N+](=O)[O-])cccn1CCOC[C@@H]1CCCO1. The molecule has 2 rings (SSSR count). The van der Waals surface area contributed by atoms with Gasteiger partial charge in [0.2, 0.25) is 0 Å². The molecular formula is C12H16N2O5. The topological polar surface area (TPSA) is 83.6 Å². The monoisotopic (exact) mass is 268 g/mol. The summed E-state index contributed by atoms with van der Waals surface area (Å²) >= 11 is 0. The molecule has 1 atom stereocenters. The standard InChI is InChI=1S/C12H16N2O5/c15-12-11(14(16)17)4-1-5-13(12)6-8-18-9-10-3-2-7-19-10/h1,4-5,10H,2-3,6-9H2/t10-/m0/s1. The second-order valence-electron chi connectivity index (χ2n) is 4.36. The zero-order valence-corrected chi connectivity index (χ0v) is 10.5. The van der Waals surface area contributed by atoms with Gasteiger partial charge in [-0.15, -0.1) is 0 Å². The largest absolute Gasteiger partial charge is 0.377 e. The first-order valence-electron chi connectivity index (χ1n) is 6.21. The van der Waals surface area contributed by atoms with Gasteiger partial charge < -0.3 is 14.0 Å². The van der Waals surface area contributed by atoms with Crippen molar-refractivity contribution < 1.29 is 14.4 Å². The molecule has 0 unspecified atom stereocenters. The maximum atomic E-state index is 11.7. The molecule has 7 heteroatoms. The van der Waals surface area contributed by atoms with E-state index < -0.39 is 16.2 Å². The van der Waals surface area contributed by atoms with Crippen molar-refractivity contribution in [1.29, 1.82) is 0 Å². The highest BCUT2D eigenvalue weighted by molar-refractivity contribution is 5.24. The third-order valence-electron chi connectivity index (χ3n) is 3.00. The molecule has 0 spiro atoms. The van der Waals surface area contributed by atoms with E-state index in [4.69, 9.17) is 9.47 Å². The molecule has 1 aromatic heterocycles. The minimum Gasteiger partial charge on any atom is -0.377 e. The fourth-order valence-corrected chi connectivity index (χ4v) is 1.99. The van der Waals surface area contributed by atoms with Crippen molar-refractivity contribution in [3.05, 3.63) is 38.8 Å². The Hall–Kier alpha value is -1.73. The minimum absolute atomic E-state index is 0.141. The highest BCUT2D eigenvalue weighted by Crippen LogP contribution is 2.11. The molecule has 0 aromatic carbocycles. The maximum absolute atomic E-state index is 11.7. The Morgan fingerprint density at radius 3 is 3.11 bits per heavy atom. The summed E-state index contributed by atoms with van der Waals surface area (Å²) in [7, 11) is 0. The molecule has 1 saturated heterocycles. The van der Waals surface area contributed by atoms with Crippen molar-refractivity contribution in [3.63, 3.8) is 0 Å². The van der Waals surface area contributed by atoms with Crippen LogP contribution in [0.5, 0.6) is 0 Å². The number of nitro groups is 1. The lowest BCUT2D eigenvalue weighted by atomic mass is 10.2. The van der Waals surface area contributed by atoms with Gasteiger partial charge in [-0.05, 0) is 18.9 Å². The number of ether oxygens (including phenoxy) is 2. The fraction of sp³-hybridized carbons (Fsp3) is 0.583. The summed E-state index contributed by atoms with van der Waals surface area (Å²) in [5.41, 5.74) is -1.02. The molecule has 1 fully saturated rings. The van der Waals surface area contributed by atoms with Crippen molar-refractivity contribution in [1.82, 2.24) is 4.57 Å². The molecular weight excluding hydrogens is 252 g/mol. The smallest absolute Gasteiger partial charge is 0.334 e. The van der Waals surface area contributed by atoms with Crippen LogP contribution in [0, 0.1) is 10.1 Å². The Morgan fingerprint density at radius 2 is 2.42 bits per heavy atom. The molecule has 1 aromatic rings. The van der Waals surface area contributed by atoms with Gasteiger partial charge >= 0.3 is 11.2 Å². The van der Waals surface area contributed by atoms with Gasteiger partial charge in [0.1, 0.15) is 0 Å². The van der Waals surface area contributed by atoms with E-state index in [1.807, 2.05) is 0 Å². The molecule has 1 aliphatic heterocycles. The molecule has 19 heavy (non-hydrogen) atoms. The average molecular weight is 268 g/mol. The third-order valence-corrected chi connectivity index (χ3v) is 3.00. The Balaban J connectivity index is 1.84. The van der Waals surface area contributed by atoms with Crippen molar-refractivity contribution in [3.8, 4) is 0 Å². The van der Waals surface area contributed by atoms with E-state index in [9.17, 15) is 14.9 Å².